The lowest BCUT2D eigenvalue weighted by Crippen LogP contribution is -2.12. The van der Waals surface area contributed by atoms with Crippen LogP contribution >= 0.6 is 35.0 Å². The van der Waals surface area contributed by atoms with Crippen LogP contribution in [0.2, 0.25) is 10.0 Å². The predicted octanol–water partition coefficient (Wildman–Crippen LogP) is 3.29. The van der Waals surface area contributed by atoms with E-state index < -0.39 is 0 Å². The number of hydrogen-bond donors (Lipinski definition) is 1. The molecule has 0 atom stereocenters. The zero-order valence-corrected chi connectivity index (χ0v) is 11.0. The molecule has 0 saturated heterocycles. The molecule has 0 unspecified atom stereocenters. The minimum Gasteiger partial charge on any atom is -0.271 e. The van der Waals surface area contributed by atoms with Gasteiger partial charge in [0.15, 0.2) is 11.4 Å². The molecule has 0 heterocycles. The Labute approximate surface area is 113 Å². The number of thioether (sulfide) groups is 1. The Bertz CT molecular complexity index is 542. The highest BCUT2D eigenvalue weighted by Gasteiger charge is 2.10. The van der Waals surface area contributed by atoms with Gasteiger partial charge in [-0.15, -0.1) is 0 Å². The van der Waals surface area contributed by atoms with E-state index in [1.807, 2.05) is 6.07 Å². The first kappa shape index (κ1) is 13.7. The lowest BCUT2D eigenvalue weighted by molar-refractivity contribution is 1.28. The second-order valence-corrected chi connectivity index (χ2v) is 4.31. The quantitative estimate of drug-likeness (QED) is 0.372. The van der Waals surface area contributed by atoms with E-state index in [9.17, 15) is 0 Å². The van der Waals surface area contributed by atoms with Crippen molar-refractivity contribution in [3.8, 4) is 12.3 Å². The molecular formula is C10H6Cl2N4S. The lowest BCUT2D eigenvalue weighted by atomic mass is 10.2. The summed E-state index contributed by atoms with van der Waals surface area (Å²) in [7, 11) is 0. The van der Waals surface area contributed by atoms with E-state index in [2.05, 4.69) is 10.3 Å². The summed E-state index contributed by atoms with van der Waals surface area (Å²) in [5, 5.41) is 20.7. The minimum atomic E-state index is 0.160. The van der Waals surface area contributed by atoms with Gasteiger partial charge in [0.25, 0.3) is 0 Å². The number of amidine groups is 1. The zero-order chi connectivity index (χ0) is 12.8. The molecule has 0 spiro atoms. The van der Waals surface area contributed by atoms with E-state index in [4.69, 9.17) is 33.7 Å². The van der Waals surface area contributed by atoms with Crippen molar-refractivity contribution in [1.29, 1.82) is 10.5 Å². The summed E-state index contributed by atoms with van der Waals surface area (Å²) in [6.45, 7) is 0. The molecule has 0 bridgehead atoms. The van der Waals surface area contributed by atoms with Crippen LogP contribution in [-0.4, -0.2) is 11.4 Å². The highest BCUT2D eigenvalue weighted by molar-refractivity contribution is 8.13. The fraction of sp³-hybridized carbons (Fsp3) is 0.100. The lowest BCUT2D eigenvalue weighted by Gasteiger charge is -2.04. The molecule has 1 aromatic carbocycles. The molecule has 4 nitrogen and oxygen atoms in total. The van der Waals surface area contributed by atoms with Gasteiger partial charge in [0.2, 0.25) is 0 Å². The number of rotatable bonds is 1. The van der Waals surface area contributed by atoms with Gasteiger partial charge in [-0.3, -0.25) is 5.32 Å². The Hall–Kier alpha value is -1.40. The summed E-state index contributed by atoms with van der Waals surface area (Å²) in [5.41, 5.74) is 0.555. The molecule has 0 aliphatic rings. The average molecular weight is 285 g/mol. The number of nitrogens with one attached hydrogen (secondary N) is 1. The van der Waals surface area contributed by atoms with Gasteiger partial charge < -0.3 is 0 Å². The maximum absolute atomic E-state index is 8.98. The van der Waals surface area contributed by atoms with Crippen LogP contribution in [0, 0.1) is 22.8 Å². The molecule has 0 aliphatic carbocycles. The Kier molecular flexibility index (Phi) is 5.11. The topological polar surface area (TPSA) is 72.0 Å². The number of hydrogen-bond acceptors (Lipinski definition) is 4. The Balaban J connectivity index is 3.29. The second-order valence-electron chi connectivity index (χ2n) is 2.73. The third kappa shape index (κ3) is 3.28. The molecule has 0 fully saturated rings. The normalized spacial score (nSPS) is 10.5. The van der Waals surface area contributed by atoms with E-state index in [1.165, 1.54) is 11.8 Å². The van der Waals surface area contributed by atoms with Gasteiger partial charge in [-0.05, 0) is 18.4 Å². The van der Waals surface area contributed by atoms with Gasteiger partial charge in [-0.25, -0.2) is 4.99 Å². The van der Waals surface area contributed by atoms with Gasteiger partial charge in [-0.1, -0.05) is 35.0 Å². The fourth-order valence-electron chi connectivity index (χ4n) is 1.02. The zero-order valence-electron chi connectivity index (χ0n) is 8.66. The number of nitriles is 2. The molecule has 1 N–H and O–H groups in total. The molecule has 1 aromatic rings. The molecule has 17 heavy (non-hydrogen) atoms. The van der Waals surface area contributed by atoms with Crippen LogP contribution in [-0.2, 0) is 0 Å². The molecule has 0 aromatic heterocycles. The second kappa shape index (κ2) is 6.36. The summed E-state index contributed by atoms with van der Waals surface area (Å²) in [4.78, 5) is 4.12. The summed E-state index contributed by atoms with van der Waals surface area (Å²) in [6.07, 6.45) is 3.52. The van der Waals surface area contributed by atoms with Gasteiger partial charge in [0, 0.05) is 0 Å². The van der Waals surface area contributed by atoms with E-state index in [0.29, 0.717) is 15.9 Å². The molecule has 0 amide bonds. The molecular weight excluding hydrogens is 279 g/mol. The first-order chi connectivity index (χ1) is 8.13. The van der Waals surface area contributed by atoms with Crippen molar-refractivity contribution in [2.45, 2.75) is 0 Å². The average Bonchev–Trinajstić information content (AvgIpc) is 2.33. The van der Waals surface area contributed by atoms with Crippen molar-refractivity contribution in [2.24, 2.45) is 4.99 Å². The van der Waals surface area contributed by atoms with Crippen LogP contribution in [0.5, 0.6) is 0 Å². The number of aliphatic imine (C=N–C) groups is 1. The van der Waals surface area contributed by atoms with Crippen LogP contribution < -0.4 is 5.32 Å². The summed E-state index contributed by atoms with van der Waals surface area (Å²) < 4.78 is 0. The van der Waals surface area contributed by atoms with Gasteiger partial charge >= 0.3 is 0 Å². The molecule has 86 valence electrons. The predicted molar refractivity (Wildman–Crippen MR) is 70.5 cm³/mol. The van der Waals surface area contributed by atoms with Crippen molar-refractivity contribution in [2.75, 3.05) is 6.26 Å². The van der Waals surface area contributed by atoms with Crippen LogP contribution in [0.15, 0.2) is 17.1 Å². The van der Waals surface area contributed by atoms with Crippen molar-refractivity contribution in [3.63, 3.8) is 0 Å². The highest BCUT2D eigenvalue weighted by atomic mass is 35.5. The molecule has 0 saturated carbocycles. The number of nitrogens with zero attached hydrogens (tertiary/aromatic N) is 3. The Morgan fingerprint density at radius 1 is 1.41 bits per heavy atom. The van der Waals surface area contributed by atoms with Crippen molar-refractivity contribution in [1.82, 2.24) is 5.32 Å². The summed E-state index contributed by atoms with van der Waals surface area (Å²) >= 11 is 12.9. The SMILES string of the molecule is CSC(=Nc1ccc(Cl)c(Cl)c1C#N)NC#N. The van der Waals surface area contributed by atoms with Crippen molar-refractivity contribution in [3.05, 3.63) is 27.7 Å². The molecule has 1 rings (SSSR count). The smallest absolute Gasteiger partial charge is 0.183 e. The van der Waals surface area contributed by atoms with Crippen LogP contribution in [0.3, 0.4) is 0 Å². The van der Waals surface area contributed by atoms with E-state index in [1.54, 1.807) is 24.6 Å². The van der Waals surface area contributed by atoms with E-state index >= 15 is 0 Å². The third-order valence-corrected chi connectivity index (χ3v) is 3.15. The number of halogens is 2. The van der Waals surface area contributed by atoms with Crippen molar-refractivity contribution >= 4 is 45.8 Å². The minimum absolute atomic E-state index is 0.160. The van der Waals surface area contributed by atoms with Crippen molar-refractivity contribution < 1.29 is 0 Å². The Morgan fingerprint density at radius 3 is 2.65 bits per heavy atom. The van der Waals surface area contributed by atoms with Gasteiger partial charge in [0.05, 0.1) is 21.3 Å². The van der Waals surface area contributed by atoms with Crippen LogP contribution in [0.4, 0.5) is 5.69 Å². The van der Waals surface area contributed by atoms with Crippen LogP contribution in [0.1, 0.15) is 5.56 Å². The first-order valence-corrected chi connectivity index (χ1v) is 6.28. The maximum Gasteiger partial charge on any atom is 0.183 e. The Morgan fingerprint density at radius 2 is 2.12 bits per heavy atom. The summed E-state index contributed by atoms with van der Waals surface area (Å²) in [5.74, 6) is 0. The van der Waals surface area contributed by atoms with Gasteiger partial charge in [-0.2, -0.15) is 10.5 Å². The molecule has 7 heteroatoms. The van der Waals surface area contributed by atoms with Crippen LogP contribution in [0.25, 0.3) is 0 Å². The molecule has 0 radical (unpaired) electrons. The third-order valence-electron chi connectivity index (χ3n) is 1.76. The van der Waals surface area contributed by atoms with Gasteiger partial charge in [0.1, 0.15) is 6.07 Å². The monoisotopic (exact) mass is 284 g/mol. The fourth-order valence-corrected chi connectivity index (χ4v) is 1.72. The first-order valence-electron chi connectivity index (χ1n) is 4.30. The largest absolute Gasteiger partial charge is 0.271 e. The standard InChI is InChI=1S/C10H6Cl2N4S/c1-17-10(15-5-14)16-8-3-2-7(11)9(12)6(8)4-13/h2-3H,1H3,(H,15,16). The van der Waals surface area contributed by atoms with E-state index in [0.717, 1.165) is 0 Å². The van der Waals surface area contributed by atoms with E-state index in [-0.39, 0.29) is 10.6 Å². The number of benzene rings is 1. The summed E-state index contributed by atoms with van der Waals surface area (Å²) in [6, 6.07) is 5.05. The molecule has 0 aliphatic heterocycles. The highest BCUT2D eigenvalue weighted by Crippen LogP contribution is 2.32. The maximum atomic E-state index is 8.98.